The van der Waals surface area contributed by atoms with E-state index >= 15 is 0 Å². The molecule has 2 rings (SSSR count). The van der Waals surface area contributed by atoms with Crippen molar-refractivity contribution in [3.05, 3.63) is 28.8 Å². The van der Waals surface area contributed by atoms with Crippen LogP contribution in [0, 0.1) is 17.6 Å². The topological polar surface area (TPSA) is 57.6 Å². The fraction of sp³-hybridized carbons (Fsp3) is 0.273. The summed E-state index contributed by atoms with van der Waals surface area (Å²) in [5, 5.41) is 8.10. The standard InChI is InChI=1S/C11H8ClF2NO3/c12-9-6(13)1-2-7(10(9)14)15-4-5(11(17)18)3-8(15)16/h1-2,5H,3-4H2,(H,17,18). The highest BCUT2D eigenvalue weighted by molar-refractivity contribution is 6.31. The van der Waals surface area contributed by atoms with Crippen molar-refractivity contribution in [2.24, 2.45) is 5.92 Å². The lowest BCUT2D eigenvalue weighted by Crippen LogP contribution is -2.26. The third kappa shape index (κ3) is 2.03. The Hall–Kier alpha value is -1.69. The molecule has 1 atom stereocenters. The summed E-state index contributed by atoms with van der Waals surface area (Å²) in [5.41, 5.74) is -0.199. The minimum atomic E-state index is -1.13. The molecule has 1 unspecified atom stereocenters. The first-order valence-electron chi connectivity index (χ1n) is 5.08. The number of rotatable bonds is 2. The Balaban J connectivity index is 2.36. The Morgan fingerprint density at radius 1 is 1.44 bits per heavy atom. The van der Waals surface area contributed by atoms with Crippen molar-refractivity contribution in [2.75, 3.05) is 11.4 Å². The first kappa shape index (κ1) is 12.8. The molecule has 1 aliphatic heterocycles. The first-order chi connectivity index (χ1) is 8.41. The van der Waals surface area contributed by atoms with Crippen molar-refractivity contribution >= 4 is 29.2 Å². The zero-order chi connectivity index (χ0) is 13.4. The van der Waals surface area contributed by atoms with Gasteiger partial charge in [0.1, 0.15) is 10.8 Å². The minimum Gasteiger partial charge on any atom is -0.481 e. The van der Waals surface area contributed by atoms with Crippen LogP contribution >= 0.6 is 11.6 Å². The normalized spacial score (nSPS) is 19.4. The number of nitrogens with zero attached hydrogens (tertiary/aromatic N) is 1. The fourth-order valence-corrected chi connectivity index (χ4v) is 1.99. The summed E-state index contributed by atoms with van der Waals surface area (Å²) in [6.45, 7) is -0.146. The van der Waals surface area contributed by atoms with Crippen molar-refractivity contribution in [2.45, 2.75) is 6.42 Å². The van der Waals surface area contributed by atoms with Gasteiger partial charge in [-0.1, -0.05) is 11.6 Å². The van der Waals surface area contributed by atoms with Crippen molar-refractivity contribution < 1.29 is 23.5 Å². The molecule has 1 aromatic rings. The van der Waals surface area contributed by atoms with Gasteiger partial charge < -0.3 is 10.0 Å². The maximum atomic E-state index is 13.7. The van der Waals surface area contributed by atoms with Gasteiger partial charge in [-0.25, -0.2) is 8.78 Å². The average molecular weight is 276 g/mol. The zero-order valence-electron chi connectivity index (χ0n) is 8.99. The lowest BCUT2D eigenvalue weighted by Gasteiger charge is -2.17. The summed E-state index contributed by atoms with van der Waals surface area (Å²) in [7, 11) is 0. The lowest BCUT2D eigenvalue weighted by molar-refractivity contribution is -0.141. The molecule has 0 bridgehead atoms. The maximum absolute atomic E-state index is 13.7. The van der Waals surface area contributed by atoms with E-state index in [0.717, 1.165) is 17.0 Å². The summed E-state index contributed by atoms with van der Waals surface area (Å²) in [6, 6.07) is 2.00. The van der Waals surface area contributed by atoms with E-state index in [0.29, 0.717) is 0 Å². The number of carbonyl (C=O) groups excluding carboxylic acids is 1. The molecule has 1 saturated heterocycles. The molecule has 1 heterocycles. The van der Waals surface area contributed by atoms with Crippen LogP contribution < -0.4 is 4.90 Å². The Morgan fingerprint density at radius 2 is 2.11 bits per heavy atom. The fourth-order valence-electron chi connectivity index (χ4n) is 1.83. The molecule has 0 saturated carbocycles. The monoisotopic (exact) mass is 275 g/mol. The van der Waals surface area contributed by atoms with Crippen molar-refractivity contribution in [1.82, 2.24) is 0 Å². The van der Waals surface area contributed by atoms with Gasteiger partial charge in [0, 0.05) is 13.0 Å². The van der Waals surface area contributed by atoms with Gasteiger partial charge in [-0.3, -0.25) is 9.59 Å². The minimum absolute atomic E-state index is 0.146. The number of carbonyl (C=O) groups is 2. The van der Waals surface area contributed by atoms with Gasteiger partial charge in [0.15, 0.2) is 5.82 Å². The number of anilines is 1. The largest absolute Gasteiger partial charge is 0.481 e. The Kier molecular flexibility index (Phi) is 3.21. The number of carboxylic acids is 1. The van der Waals surface area contributed by atoms with E-state index in [1.54, 1.807) is 0 Å². The average Bonchev–Trinajstić information content (AvgIpc) is 2.69. The Labute approximate surface area is 106 Å². The van der Waals surface area contributed by atoms with Gasteiger partial charge in [0.25, 0.3) is 0 Å². The maximum Gasteiger partial charge on any atom is 0.308 e. The van der Waals surface area contributed by atoms with Gasteiger partial charge in [0.2, 0.25) is 5.91 Å². The number of carboxylic acid groups (broad SMARTS) is 1. The second-order valence-corrected chi connectivity index (χ2v) is 4.32. The number of halogens is 3. The van der Waals surface area contributed by atoms with E-state index < -0.39 is 34.5 Å². The molecule has 1 aromatic carbocycles. The first-order valence-corrected chi connectivity index (χ1v) is 5.46. The number of benzene rings is 1. The van der Waals surface area contributed by atoms with Crippen LogP contribution in [0.25, 0.3) is 0 Å². The van der Waals surface area contributed by atoms with Gasteiger partial charge >= 0.3 is 5.97 Å². The van der Waals surface area contributed by atoms with Gasteiger partial charge in [0.05, 0.1) is 11.6 Å². The highest BCUT2D eigenvalue weighted by Crippen LogP contribution is 2.32. The smallest absolute Gasteiger partial charge is 0.308 e. The predicted molar refractivity (Wildman–Crippen MR) is 59.5 cm³/mol. The molecule has 0 spiro atoms. The molecule has 1 N–H and O–H groups in total. The van der Waals surface area contributed by atoms with E-state index in [2.05, 4.69) is 0 Å². The number of aliphatic carboxylic acids is 1. The summed E-state index contributed by atoms with van der Waals surface area (Å²) >= 11 is 5.40. The van der Waals surface area contributed by atoms with E-state index in [9.17, 15) is 18.4 Å². The summed E-state index contributed by atoms with van der Waals surface area (Å²) in [4.78, 5) is 23.3. The Bertz CT molecular complexity index is 535. The van der Waals surface area contributed by atoms with E-state index in [4.69, 9.17) is 16.7 Å². The van der Waals surface area contributed by atoms with Crippen LogP contribution in [0.5, 0.6) is 0 Å². The predicted octanol–water partition coefficient (Wildman–Crippen LogP) is 2.06. The van der Waals surface area contributed by atoms with Crippen molar-refractivity contribution in [1.29, 1.82) is 0 Å². The summed E-state index contributed by atoms with van der Waals surface area (Å²) < 4.78 is 26.7. The van der Waals surface area contributed by atoms with Crippen LogP contribution in [0.15, 0.2) is 12.1 Å². The molecule has 96 valence electrons. The summed E-state index contributed by atoms with van der Waals surface area (Å²) in [6.07, 6.45) is -0.205. The molecule has 4 nitrogen and oxygen atoms in total. The SMILES string of the molecule is O=C(O)C1CC(=O)N(c2ccc(F)c(Cl)c2F)C1. The highest BCUT2D eigenvalue weighted by atomic mass is 35.5. The lowest BCUT2D eigenvalue weighted by atomic mass is 10.1. The summed E-state index contributed by atoms with van der Waals surface area (Å²) in [5.74, 6) is -4.53. The zero-order valence-corrected chi connectivity index (χ0v) is 9.75. The third-order valence-electron chi connectivity index (χ3n) is 2.78. The van der Waals surface area contributed by atoms with Gasteiger partial charge in [-0.05, 0) is 12.1 Å². The van der Waals surface area contributed by atoms with Crippen LogP contribution in [0.3, 0.4) is 0 Å². The van der Waals surface area contributed by atoms with Crippen LogP contribution in [0.4, 0.5) is 14.5 Å². The van der Waals surface area contributed by atoms with Gasteiger partial charge in [-0.2, -0.15) is 0 Å². The quantitative estimate of drug-likeness (QED) is 0.841. The molecular formula is C11H8ClF2NO3. The third-order valence-corrected chi connectivity index (χ3v) is 3.13. The number of amides is 1. The van der Waals surface area contributed by atoms with Crippen molar-refractivity contribution in [3.63, 3.8) is 0 Å². The van der Waals surface area contributed by atoms with Crippen molar-refractivity contribution in [3.8, 4) is 0 Å². The van der Waals surface area contributed by atoms with Crippen LogP contribution in [0.2, 0.25) is 5.02 Å². The molecule has 1 fully saturated rings. The number of hydrogen-bond donors (Lipinski definition) is 1. The molecular weight excluding hydrogens is 268 g/mol. The second-order valence-electron chi connectivity index (χ2n) is 3.94. The molecule has 7 heteroatoms. The Morgan fingerprint density at radius 3 is 2.67 bits per heavy atom. The molecule has 18 heavy (non-hydrogen) atoms. The second kappa shape index (κ2) is 4.53. The molecule has 0 aromatic heterocycles. The molecule has 0 radical (unpaired) electrons. The van der Waals surface area contributed by atoms with E-state index in [1.807, 2.05) is 0 Å². The number of hydrogen-bond acceptors (Lipinski definition) is 2. The highest BCUT2D eigenvalue weighted by Gasteiger charge is 2.36. The van der Waals surface area contributed by atoms with Crippen LogP contribution in [0.1, 0.15) is 6.42 Å². The molecule has 1 aliphatic rings. The molecule has 1 amide bonds. The van der Waals surface area contributed by atoms with Crippen LogP contribution in [-0.4, -0.2) is 23.5 Å². The molecule has 0 aliphatic carbocycles. The van der Waals surface area contributed by atoms with E-state index in [1.165, 1.54) is 0 Å². The van der Waals surface area contributed by atoms with E-state index in [-0.39, 0.29) is 18.7 Å². The van der Waals surface area contributed by atoms with Gasteiger partial charge in [-0.15, -0.1) is 0 Å². The van der Waals surface area contributed by atoms with Crippen LogP contribution in [-0.2, 0) is 9.59 Å².